The maximum absolute atomic E-state index is 5.15. The van der Waals surface area contributed by atoms with Gasteiger partial charge in [0.25, 0.3) is 0 Å². The van der Waals surface area contributed by atoms with Gasteiger partial charge in [0.05, 0.1) is 13.2 Å². The van der Waals surface area contributed by atoms with Crippen LogP contribution in [0.3, 0.4) is 0 Å². The Morgan fingerprint density at radius 2 is 2.09 bits per heavy atom. The van der Waals surface area contributed by atoms with Gasteiger partial charge in [-0.15, -0.1) is 0 Å². The highest BCUT2D eigenvalue weighted by molar-refractivity contribution is 4.59. The van der Waals surface area contributed by atoms with E-state index < -0.39 is 0 Å². The molecule has 0 bridgehead atoms. The van der Waals surface area contributed by atoms with Crippen LogP contribution in [0.1, 0.15) is 12.8 Å². The Labute approximate surface area is 67.6 Å². The highest BCUT2D eigenvalue weighted by Gasteiger charge is 2.13. The van der Waals surface area contributed by atoms with Crippen LogP contribution in [0, 0.1) is 5.92 Å². The van der Waals surface area contributed by atoms with Crippen LogP contribution in [-0.4, -0.2) is 33.7 Å². The second kappa shape index (κ2) is 5.52. The molecule has 0 unspecified atom stereocenters. The van der Waals surface area contributed by atoms with Crippen molar-refractivity contribution in [3.63, 3.8) is 0 Å². The van der Waals surface area contributed by atoms with E-state index in [-0.39, 0.29) is 0 Å². The van der Waals surface area contributed by atoms with E-state index in [0.717, 1.165) is 32.7 Å². The van der Waals surface area contributed by atoms with Crippen molar-refractivity contribution in [3.8, 4) is 0 Å². The molecule has 0 aromatic carbocycles. The van der Waals surface area contributed by atoms with E-state index in [9.17, 15) is 0 Å². The molecular formula is C8H16O3. The van der Waals surface area contributed by atoms with Crippen molar-refractivity contribution in [3.05, 3.63) is 0 Å². The number of methoxy groups -OCH3 is 1. The van der Waals surface area contributed by atoms with E-state index in [0.29, 0.717) is 12.7 Å². The lowest BCUT2D eigenvalue weighted by Crippen LogP contribution is -2.24. The highest BCUT2D eigenvalue weighted by Crippen LogP contribution is 2.11. The minimum Gasteiger partial charge on any atom is -0.385 e. The van der Waals surface area contributed by atoms with Gasteiger partial charge in [0.2, 0.25) is 0 Å². The van der Waals surface area contributed by atoms with Gasteiger partial charge in [-0.2, -0.15) is 0 Å². The van der Waals surface area contributed by atoms with Crippen molar-refractivity contribution in [1.29, 1.82) is 0 Å². The molecule has 0 atom stereocenters. The van der Waals surface area contributed by atoms with Gasteiger partial charge in [-0.1, -0.05) is 0 Å². The third-order valence-corrected chi connectivity index (χ3v) is 1.83. The predicted octanol–water partition coefficient (Wildman–Crippen LogP) is 1.03. The van der Waals surface area contributed by atoms with E-state index in [1.807, 2.05) is 0 Å². The summed E-state index contributed by atoms with van der Waals surface area (Å²) >= 11 is 0. The summed E-state index contributed by atoms with van der Waals surface area (Å²) in [5.74, 6) is 0.582. The standard InChI is InChI=1S/C8H16O3/c1-9-4-2-3-8-5-10-7-11-6-8/h8H,2-7H2,1H3. The molecule has 1 fully saturated rings. The molecule has 11 heavy (non-hydrogen) atoms. The molecule has 3 heteroatoms. The number of hydrogen-bond donors (Lipinski definition) is 0. The fourth-order valence-electron chi connectivity index (χ4n) is 1.22. The maximum atomic E-state index is 5.15. The summed E-state index contributed by atoms with van der Waals surface area (Å²) in [7, 11) is 1.73. The molecule has 0 saturated carbocycles. The van der Waals surface area contributed by atoms with Crippen molar-refractivity contribution < 1.29 is 14.2 Å². The quantitative estimate of drug-likeness (QED) is 0.575. The maximum Gasteiger partial charge on any atom is 0.146 e. The number of ether oxygens (including phenoxy) is 3. The minimum absolute atomic E-state index is 0.473. The van der Waals surface area contributed by atoms with Crippen LogP contribution in [0.4, 0.5) is 0 Å². The summed E-state index contributed by atoms with van der Waals surface area (Å²) in [5, 5.41) is 0. The lowest BCUT2D eigenvalue weighted by atomic mass is 10.1. The smallest absolute Gasteiger partial charge is 0.146 e. The summed E-state index contributed by atoms with van der Waals surface area (Å²) in [5.41, 5.74) is 0. The molecule has 1 aliphatic rings. The van der Waals surface area contributed by atoms with Gasteiger partial charge in [-0.25, -0.2) is 0 Å². The Bertz CT molecular complexity index is 89.3. The zero-order valence-corrected chi connectivity index (χ0v) is 7.04. The Kier molecular flexibility index (Phi) is 4.50. The Morgan fingerprint density at radius 1 is 1.36 bits per heavy atom. The van der Waals surface area contributed by atoms with Crippen LogP contribution in [0.25, 0.3) is 0 Å². The fourth-order valence-corrected chi connectivity index (χ4v) is 1.22. The summed E-state index contributed by atoms with van der Waals surface area (Å²) in [6, 6.07) is 0. The predicted molar refractivity (Wildman–Crippen MR) is 41.4 cm³/mol. The third-order valence-electron chi connectivity index (χ3n) is 1.83. The largest absolute Gasteiger partial charge is 0.385 e. The molecule has 0 aromatic heterocycles. The van der Waals surface area contributed by atoms with Gasteiger partial charge in [-0.05, 0) is 12.8 Å². The van der Waals surface area contributed by atoms with Crippen LogP contribution >= 0.6 is 0 Å². The van der Waals surface area contributed by atoms with Gasteiger partial charge in [0.1, 0.15) is 6.79 Å². The molecule has 0 N–H and O–H groups in total. The van der Waals surface area contributed by atoms with Crippen LogP contribution in [-0.2, 0) is 14.2 Å². The van der Waals surface area contributed by atoms with Gasteiger partial charge in [-0.3, -0.25) is 0 Å². The molecule has 1 rings (SSSR count). The zero-order chi connectivity index (χ0) is 7.94. The van der Waals surface area contributed by atoms with Crippen molar-refractivity contribution in [1.82, 2.24) is 0 Å². The molecule has 1 heterocycles. The first-order chi connectivity index (χ1) is 5.43. The van der Waals surface area contributed by atoms with Crippen molar-refractivity contribution >= 4 is 0 Å². The van der Waals surface area contributed by atoms with Crippen LogP contribution in [0.15, 0.2) is 0 Å². The zero-order valence-electron chi connectivity index (χ0n) is 7.04. The van der Waals surface area contributed by atoms with E-state index >= 15 is 0 Å². The van der Waals surface area contributed by atoms with Crippen molar-refractivity contribution in [2.24, 2.45) is 5.92 Å². The number of rotatable bonds is 4. The average Bonchev–Trinajstić information content (AvgIpc) is 2.07. The molecule has 1 saturated heterocycles. The summed E-state index contributed by atoms with van der Waals surface area (Å²) < 4.78 is 15.3. The molecule has 0 amide bonds. The Balaban J connectivity index is 1.96. The first kappa shape index (κ1) is 8.97. The molecule has 0 aromatic rings. The fraction of sp³-hybridized carbons (Fsp3) is 1.00. The first-order valence-electron chi connectivity index (χ1n) is 4.08. The normalized spacial score (nSPS) is 20.5. The van der Waals surface area contributed by atoms with E-state index in [1.54, 1.807) is 7.11 Å². The molecule has 66 valence electrons. The lowest BCUT2D eigenvalue weighted by molar-refractivity contribution is -0.127. The van der Waals surface area contributed by atoms with Crippen LogP contribution in [0.2, 0.25) is 0 Å². The second-order valence-corrected chi connectivity index (χ2v) is 2.86. The lowest BCUT2D eigenvalue weighted by Gasteiger charge is -2.21. The number of hydrogen-bond acceptors (Lipinski definition) is 3. The highest BCUT2D eigenvalue weighted by atomic mass is 16.7. The van der Waals surface area contributed by atoms with Gasteiger partial charge >= 0.3 is 0 Å². The van der Waals surface area contributed by atoms with E-state index in [2.05, 4.69) is 0 Å². The molecule has 3 nitrogen and oxygen atoms in total. The van der Waals surface area contributed by atoms with Gasteiger partial charge in [0.15, 0.2) is 0 Å². The van der Waals surface area contributed by atoms with E-state index in [1.165, 1.54) is 0 Å². The Morgan fingerprint density at radius 3 is 2.73 bits per heavy atom. The monoisotopic (exact) mass is 160 g/mol. The topological polar surface area (TPSA) is 27.7 Å². The van der Waals surface area contributed by atoms with Crippen molar-refractivity contribution in [2.45, 2.75) is 12.8 Å². The van der Waals surface area contributed by atoms with E-state index in [4.69, 9.17) is 14.2 Å². The Hall–Kier alpha value is -0.120. The SMILES string of the molecule is COCCCC1COCOC1. The van der Waals surface area contributed by atoms with Gasteiger partial charge in [0, 0.05) is 19.6 Å². The summed E-state index contributed by atoms with van der Waals surface area (Å²) in [6.45, 7) is 3.02. The minimum atomic E-state index is 0.473. The molecule has 0 spiro atoms. The van der Waals surface area contributed by atoms with Gasteiger partial charge < -0.3 is 14.2 Å². The molecule has 1 aliphatic heterocycles. The summed E-state index contributed by atoms with van der Waals surface area (Å²) in [6.07, 6.45) is 2.25. The molecule has 0 radical (unpaired) electrons. The summed E-state index contributed by atoms with van der Waals surface area (Å²) in [4.78, 5) is 0. The second-order valence-electron chi connectivity index (χ2n) is 2.86. The third kappa shape index (κ3) is 3.70. The average molecular weight is 160 g/mol. The molecule has 0 aliphatic carbocycles. The first-order valence-corrected chi connectivity index (χ1v) is 4.08. The van der Waals surface area contributed by atoms with Crippen LogP contribution in [0.5, 0.6) is 0 Å². The van der Waals surface area contributed by atoms with Crippen molar-refractivity contribution in [2.75, 3.05) is 33.7 Å². The molecular weight excluding hydrogens is 144 g/mol. The van der Waals surface area contributed by atoms with Crippen LogP contribution < -0.4 is 0 Å².